The van der Waals surface area contributed by atoms with Crippen LogP contribution < -0.4 is 11.3 Å². The zero-order chi connectivity index (χ0) is 13.1. The van der Waals surface area contributed by atoms with Gasteiger partial charge < -0.3 is 4.52 Å². The van der Waals surface area contributed by atoms with Crippen LogP contribution in [0.4, 0.5) is 0 Å². The van der Waals surface area contributed by atoms with Crippen LogP contribution in [0.3, 0.4) is 0 Å². The molecule has 1 heterocycles. The van der Waals surface area contributed by atoms with Gasteiger partial charge in [-0.25, -0.2) is 5.84 Å². The molecule has 0 radical (unpaired) electrons. The van der Waals surface area contributed by atoms with Crippen molar-refractivity contribution in [1.29, 1.82) is 0 Å². The van der Waals surface area contributed by atoms with Crippen LogP contribution in [-0.4, -0.2) is 16.0 Å². The molecule has 1 amide bonds. The van der Waals surface area contributed by atoms with E-state index in [4.69, 9.17) is 10.4 Å². The van der Waals surface area contributed by atoms with Gasteiger partial charge in [-0.3, -0.25) is 10.2 Å². The Kier molecular flexibility index (Phi) is 3.96. The minimum Gasteiger partial charge on any atom is -0.339 e. The number of hydrogen-bond acceptors (Lipinski definition) is 5. The number of hydrogen-bond donors (Lipinski definition) is 2. The lowest BCUT2D eigenvalue weighted by molar-refractivity contribution is -0.126. The van der Waals surface area contributed by atoms with E-state index in [-0.39, 0.29) is 17.7 Å². The molecule has 18 heavy (non-hydrogen) atoms. The molecule has 0 unspecified atom stereocenters. The van der Waals surface area contributed by atoms with E-state index in [1.54, 1.807) is 0 Å². The zero-order valence-corrected chi connectivity index (χ0v) is 10.8. The maximum atomic E-state index is 11.4. The van der Waals surface area contributed by atoms with Crippen molar-refractivity contribution in [3.63, 3.8) is 0 Å². The van der Waals surface area contributed by atoms with E-state index in [1.807, 2.05) is 13.8 Å². The molecular formula is C12H20N4O2. The Hall–Kier alpha value is -1.43. The van der Waals surface area contributed by atoms with Crippen LogP contribution in [0.1, 0.15) is 63.1 Å². The van der Waals surface area contributed by atoms with Crippen molar-refractivity contribution in [1.82, 2.24) is 15.6 Å². The lowest BCUT2D eigenvalue weighted by atomic mass is 9.81. The van der Waals surface area contributed by atoms with E-state index >= 15 is 0 Å². The Morgan fingerprint density at radius 3 is 2.56 bits per heavy atom. The Morgan fingerprint density at radius 2 is 2.06 bits per heavy atom. The van der Waals surface area contributed by atoms with Crippen LogP contribution >= 0.6 is 0 Å². The average Bonchev–Trinajstić information content (AvgIpc) is 2.88. The minimum atomic E-state index is -0.0653. The largest absolute Gasteiger partial charge is 0.339 e. The number of nitrogens with two attached hydrogens (primary N) is 1. The molecule has 2 rings (SSSR count). The van der Waals surface area contributed by atoms with Crippen LogP contribution in [0.15, 0.2) is 4.52 Å². The van der Waals surface area contributed by atoms with E-state index in [0.29, 0.717) is 11.8 Å². The van der Waals surface area contributed by atoms with Gasteiger partial charge in [0, 0.05) is 17.8 Å². The first kappa shape index (κ1) is 13.0. The SMILES string of the molecule is CC(C)c1nc(C2CCC(C(=O)NN)CC2)no1. The second kappa shape index (κ2) is 5.48. The van der Waals surface area contributed by atoms with E-state index in [9.17, 15) is 4.79 Å². The van der Waals surface area contributed by atoms with E-state index in [0.717, 1.165) is 31.5 Å². The lowest BCUT2D eigenvalue weighted by Gasteiger charge is -2.25. The molecule has 1 aromatic heterocycles. The van der Waals surface area contributed by atoms with Crippen molar-refractivity contribution in [2.45, 2.75) is 51.4 Å². The summed E-state index contributed by atoms with van der Waals surface area (Å²) in [6, 6.07) is 0. The molecule has 0 bridgehead atoms. The van der Waals surface area contributed by atoms with Gasteiger partial charge in [-0.1, -0.05) is 19.0 Å². The van der Waals surface area contributed by atoms with Crippen molar-refractivity contribution >= 4 is 5.91 Å². The number of amides is 1. The Labute approximate surface area is 106 Å². The standard InChI is InChI=1S/C12H20N4O2/c1-7(2)12-14-10(16-18-12)8-3-5-9(6-4-8)11(17)15-13/h7-9H,3-6,13H2,1-2H3,(H,15,17). The van der Waals surface area contributed by atoms with Gasteiger partial charge in [0.15, 0.2) is 5.82 Å². The summed E-state index contributed by atoms with van der Waals surface area (Å²) < 4.78 is 5.21. The first-order valence-corrected chi connectivity index (χ1v) is 6.45. The molecule has 0 aliphatic heterocycles. The molecule has 100 valence electrons. The fourth-order valence-electron chi connectivity index (χ4n) is 2.38. The highest BCUT2D eigenvalue weighted by molar-refractivity contribution is 5.78. The predicted octanol–water partition coefficient (Wildman–Crippen LogP) is 1.46. The van der Waals surface area contributed by atoms with Crippen LogP contribution in [-0.2, 0) is 4.79 Å². The normalized spacial score (nSPS) is 24.2. The summed E-state index contributed by atoms with van der Waals surface area (Å²) in [7, 11) is 0. The molecular weight excluding hydrogens is 232 g/mol. The summed E-state index contributed by atoms with van der Waals surface area (Å²) >= 11 is 0. The molecule has 1 aliphatic carbocycles. The molecule has 1 fully saturated rings. The number of carbonyl (C=O) groups is 1. The van der Waals surface area contributed by atoms with Gasteiger partial charge >= 0.3 is 0 Å². The summed E-state index contributed by atoms with van der Waals surface area (Å²) in [5.74, 6) is 7.14. The van der Waals surface area contributed by atoms with Gasteiger partial charge in [0.1, 0.15) is 0 Å². The third-order valence-corrected chi connectivity index (χ3v) is 3.56. The molecule has 3 N–H and O–H groups in total. The topological polar surface area (TPSA) is 94.0 Å². The maximum absolute atomic E-state index is 11.4. The Morgan fingerprint density at radius 1 is 1.39 bits per heavy atom. The van der Waals surface area contributed by atoms with Crippen LogP contribution in [0.2, 0.25) is 0 Å². The quantitative estimate of drug-likeness (QED) is 0.482. The first-order chi connectivity index (χ1) is 8.61. The van der Waals surface area contributed by atoms with Crippen LogP contribution in [0, 0.1) is 5.92 Å². The highest BCUT2D eigenvalue weighted by atomic mass is 16.5. The van der Waals surface area contributed by atoms with Crippen molar-refractivity contribution < 1.29 is 9.32 Å². The number of nitrogens with zero attached hydrogens (tertiary/aromatic N) is 2. The van der Waals surface area contributed by atoms with Gasteiger partial charge in [0.2, 0.25) is 11.8 Å². The summed E-state index contributed by atoms with van der Waals surface area (Å²) in [6.07, 6.45) is 3.49. The third kappa shape index (κ3) is 2.69. The number of aromatic nitrogens is 2. The second-order valence-corrected chi connectivity index (χ2v) is 5.20. The Bertz CT molecular complexity index is 408. The number of hydrazine groups is 1. The molecule has 6 heteroatoms. The molecule has 1 aliphatic rings. The molecule has 0 spiro atoms. The first-order valence-electron chi connectivity index (χ1n) is 6.45. The van der Waals surface area contributed by atoms with Crippen molar-refractivity contribution in [3.05, 3.63) is 11.7 Å². The van der Waals surface area contributed by atoms with Gasteiger partial charge in [0.05, 0.1) is 0 Å². The highest BCUT2D eigenvalue weighted by Crippen LogP contribution is 2.34. The highest BCUT2D eigenvalue weighted by Gasteiger charge is 2.29. The summed E-state index contributed by atoms with van der Waals surface area (Å²) in [4.78, 5) is 15.8. The number of rotatable bonds is 3. The maximum Gasteiger partial charge on any atom is 0.236 e. The summed E-state index contributed by atoms with van der Waals surface area (Å²) in [5.41, 5.74) is 2.22. The summed E-state index contributed by atoms with van der Waals surface area (Å²) in [5, 5.41) is 4.04. The smallest absolute Gasteiger partial charge is 0.236 e. The second-order valence-electron chi connectivity index (χ2n) is 5.20. The van der Waals surface area contributed by atoms with E-state index in [1.165, 1.54) is 0 Å². The lowest BCUT2D eigenvalue weighted by Crippen LogP contribution is -2.37. The third-order valence-electron chi connectivity index (χ3n) is 3.56. The monoisotopic (exact) mass is 252 g/mol. The molecule has 1 saturated carbocycles. The molecule has 1 aromatic rings. The van der Waals surface area contributed by atoms with Crippen molar-refractivity contribution in [2.24, 2.45) is 11.8 Å². The van der Waals surface area contributed by atoms with E-state index < -0.39 is 0 Å². The molecule has 0 atom stereocenters. The van der Waals surface area contributed by atoms with Crippen LogP contribution in [0.25, 0.3) is 0 Å². The fourth-order valence-corrected chi connectivity index (χ4v) is 2.38. The number of carbonyl (C=O) groups excluding carboxylic acids is 1. The summed E-state index contributed by atoms with van der Waals surface area (Å²) in [6.45, 7) is 4.06. The van der Waals surface area contributed by atoms with Gasteiger partial charge in [-0.05, 0) is 25.7 Å². The van der Waals surface area contributed by atoms with Gasteiger partial charge in [0.25, 0.3) is 0 Å². The Balaban J connectivity index is 1.94. The fraction of sp³-hybridized carbons (Fsp3) is 0.750. The molecule has 6 nitrogen and oxygen atoms in total. The number of nitrogens with one attached hydrogen (secondary N) is 1. The van der Waals surface area contributed by atoms with Crippen molar-refractivity contribution in [2.75, 3.05) is 0 Å². The van der Waals surface area contributed by atoms with Crippen LogP contribution in [0.5, 0.6) is 0 Å². The molecule has 0 saturated heterocycles. The van der Waals surface area contributed by atoms with Gasteiger partial charge in [-0.2, -0.15) is 4.98 Å². The molecule has 0 aromatic carbocycles. The van der Waals surface area contributed by atoms with Gasteiger partial charge in [-0.15, -0.1) is 0 Å². The average molecular weight is 252 g/mol. The minimum absolute atomic E-state index is 0.0303. The van der Waals surface area contributed by atoms with Crippen molar-refractivity contribution in [3.8, 4) is 0 Å². The van der Waals surface area contributed by atoms with E-state index in [2.05, 4.69) is 15.6 Å². The predicted molar refractivity (Wildman–Crippen MR) is 65.4 cm³/mol. The zero-order valence-electron chi connectivity index (χ0n) is 10.8.